The highest BCUT2D eigenvalue weighted by atomic mass is 32.2. The van der Waals surface area contributed by atoms with Crippen molar-refractivity contribution in [1.29, 1.82) is 0 Å². The van der Waals surface area contributed by atoms with Crippen LogP contribution in [0.1, 0.15) is 31.1 Å². The van der Waals surface area contributed by atoms with Crippen molar-refractivity contribution in [2.75, 3.05) is 24.7 Å². The Balaban J connectivity index is 1.64. The van der Waals surface area contributed by atoms with Crippen molar-refractivity contribution >= 4 is 43.8 Å². The van der Waals surface area contributed by atoms with Crippen LogP contribution < -0.4 is 9.62 Å². The van der Waals surface area contributed by atoms with Crippen LogP contribution in [0.15, 0.2) is 83.3 Å². The van der Waals surface area contributed by atoms with Crippen molar-refractivity contribution in [2.24, 2.45) is 0 Å². The van der Waals surface area contributed by atoms with Gasteiger partial charge in [-0.15, -0.1) is 0 Å². The number of hydrogen-bond acceptors (Lipinski definition) is 6. The predicted molar refractivity (Wildman–Crippen MR) is 175 cm³/mol. The molecule has 3 aromatic heterocycles. The first kappa shape index (κ1) is 30.0. The van der Waals surface area contributed by atoms with Crippen LogP contribution in [0, 0.1) is 5.82 Å². The maximum absolute atomic E-state index is 13.7. The first-order valence-electron chi connectivity index (χ1n) is 14.3. The van der Waals surface area contributed by atoms with Gasteiger partial charge in [0.25, 0.3) is 5.91 Å². The number of aromatic nitrogens is 3. The Hall–Kier alpha value is -5.03. The third kappa shape index (κ3) is 5.33. The van der Waals surface area contributed by atoms with Gasteiger partial charge in [0, 0.05) is 47.8 Å². The summed E-state index contributed by atoms with van der Waals surface area (Å²) in [6.07, 6.45) is 1.11. The maximum Gasteiger partial charge on any atom is 0.255 e. The molecule has 0 bridgehead atoms. The zero-order chi connectivity index (χ0) is 32.3. The van der Waals surface area contributed by atoms with E-state index in [0.717, 1.165) is 27.5 Å². The summed E-state index contributed by atoms with van der Waals surface area (Å²) in [5.74, 6) is 0.145. The topological polar surface area (TPSA) is 110 Å². The van der Waals surface area contributed by atoms with E-state index in [4.69, 9.17) is 14.4 Å². The highest BCUT2D eigenvalue weighted by Crippen LogP contribution is 2.41. The third-order valence-electron chi connectivity index (χ3n) is 7.70. The van der Waals surface area contributed by atoms with Crippen LogP contribution in [-0.2, 0) is 15.6 Å². The van der Waals surface area contributed by atoms with E-state index >= 15 is 0 Å². The number of benzene rings is 3. The van der Waals surface area contributed by atoms with Gasteiger partial charge < -0.3 is 14.3 Å². The van der Waals surface area contributed by atoms with E-state index in [1.165, 1.54) is 38.4 Å². The van der Waals surface area contributed by atoms with Crippen molar-refractivity contribution < 1.29 is 22.0 Å². The van der Waals surface area contributed by atoms with Gasteiger partial charge in [-0.1, -0.05) is 30.3 Å². The molecule has 6 aromatic rings. The molecule has 0 atom stereocenters. The number of rotatable bonds is 6. The summed E-state index contributed by atoms with van der Waals surface area (Å²) in [6, 6.07) is 22.5. The number of anilines is 1. The largest absolute Gasteiger partial charge is 0.455 e. The predicted octanol–water partition coefficient (Wildman–Crippen LogP) is 6.83. The number of pyridine rings is 1. The van der Waals surface area contributed by atoms with Gasteiger partial charge >= 0.3 is 0 Å². The summed E-state index contributed by atoms with van der Waals surface area (Å²) in [6.45, 7) is 6.29. The Morgan fingerprint density at radius 2 is 1.64 bits per heavy atom. The van der Waals surface area contributed by atoms with E-state index in [0.29, 0.717) is 33.5 Å². The smallest absolute Gasteiger partial charge is 0.255 e. The molecule has 230 valence electrons. The molecule has 0 aliphatic carbocycles. The van der Waals surface area contributed by atoms with E-state index in [1.54, 1.807) is 12.1 Å². The van der Waals surface area contributed by atoms with Gasteiger partial charge in [0.15, 0.2) is 5.65 Å². The lowest BCUT2D eigenvalue weighted by atomic mass is 10.0. The summed E-state index contributed by atoms with van der Waals surface area (Å²) in [7, 11) is -0.758. The second kappa shape index (κ2) is 10.8. The van der Waals surface area contributed by atoms with Crippen LogP contribution in [0.3, 0.4) is 0 Å². The average Bonchev–Trinajstić information content (AvgIpc) is 3.58. The molecule has 6 rings (SSSR count). The van der Waals surface area contributed by atoms with Gasteiger partial charge in [-0.2, -0.15) is 0 Å². The zero-order valence-electron chi connectivity index (χ0n) is 25.7. The molecule has 0 saturated heterocycles. The molecule has 1 amide bonds. The normalized spacial score (nSPS) is 12.2. The summed E-state index contributed by atoms with van der Waals surface area (Å²) in [5.41, 5.74) is 4.15. The molecule has 0 spiro atoms. The molecular weight excluding hydrogens is 593 g/mol. The molecule has 9 nitrogen and oxygen atoms in total. The number of carbonyl (C=O) groups excluding carboxylic acids is 1. The minimum Gasteiger partial charge on any atom is -0.455 e. The Morgan fingerprint density at radius 3 is 2.27 bits per heavy atom. The SMILES string of the molecule is CNC(=O)c1c(-c2ccc(F)cc2)oc2cc(N(C)S(C)(=O)=O)c(-c3ccc4c(n3)nc(-c3ccccc3)n4C(C)(C)C)cc12. The lowest BCUT2D eigenvalue weighted by Gasteiger charge is -2.24. The van der Waals surface area contributed by atoms with Gasteiger partial charge in [0.05, 0.1) is 28.7 Å². The third-order valence-corrected chi connectivity index (χ3v) is 8.89. The molecule has 0 unspecified atom stereocenters. The quantitative estimate of drug-likeness (QED) is 0.217. The van der Waals surface area contributed by atoms with Crippen molar-refractivity contribution in [3.8, 4) is 34.0 Å². The first-order chi connectivity index (χ1) is 21.3. The minimum atomic E-state index is -3.71. The van der Waals surface area contributed by atoms with Crippen molar-refractivity contribution in [3.63, 3.8) is 0 Å². The summed E-state index contributed by atoms with van der Waals surface area (Å²) in [5, 5.41) is 3.10. The molecule has 0 aliphatic rings. The summed E-state index contributed by atoms with van der Waals surface area (Å²) >= 11 is 0. The number of fused-ring (bicyclic) bond motifs is 2. The van der Waals surface area contributed by atoms with E-state index in [2.05, 4.69) is 30.7 Å². The number of sulfonamides is 1. The molecule has 0 radical (unpaired) electrons. The van der Waals surface area contributed by atoms with Crippen molar-refractivity contribution in [2.45, 2.75) is 26.3 Å². The fourth-order valence-electron chi connectivity index (χ4n) is 5.50. The number of carbonyl (C=O) groups is 1. The maximum atomic E-state index is 13.7. The molecule has 0 aliphatic heterocycles. The van der Waals surface area contributed by atoms with Crippen LogP contribution in [0.4, 0.5) is 10.1 Å². The molecule has 0 fully saturated rings. The number of hydrogen-bond donors (Lipinski definition) is 1. The first-order valence-corrected chi connectivity index (χ1v) is 16.1. The van der Waals surface area contributed by atoms with Crippen molar-refractivity contribution in [3.05, 3.63) is 90.2 Å². The van der Waals surface area contributed by atoms with Crippen molar-refractivity contribution in [1.82, 2.24) is 19.9 Å². The van der Waals surface area contributed by atoms with Gasteiger partial charge in [0.1, 0.15) is 23.0 Å². The average molecular weight is 626 g/mol. The van der Waals surface area contributed by atoms with Gasteiger partial charge in [-0.05, 0) is 63.2 Å². The molecule has 11 heteroatoms. The van der Waals surface area contributed by atoms with Crippen LogP contribution in [0.25, 0.3) is 56.1 Å². The van der Waals surface area contributed by atoms with Crippen LogP contribution in [0.2, 0.25) is 0 Å². The molecule has 3 heterocycles. The van der Waals surface area contributed by atoms with Crippen LogP contribution in [-0.4, -0.2) is 49.2 Å². The van der Waals surface area contributed by atoms with Gasteiger partial charge in [0.2, 0.25) is 10.0 Å². The Labute approximate surface area is 260 Å². The van der Waals surface area contributed by atoms with Gasteiger partial charge in [-0.25, -0.2) is 22.8 Å². The number of nitrogens with zero attached hydrogens (tertiary/aromatic N) is 4. The number of furan rings is 1. The van der Waals surface area contributed by atoms with Gasteiger partial charge in [-0.3, -0.25) is 9.10 Å². The summed E-state index contributed by atoms with van der Waals surface area (Å²) in [4.78, 5) is 23.1. The minimum absolute atomic E-state index is 0.231. The van der Waals surface area contributed by atoms with E-state index in [-0.39, 0.29) is 22.4 Å². The molecule has 45 heavy (non-hydrogen) atoms. The summed E-state index contributed by atoms with van der Waals surface area (Å²) < 4.78 is 48.8. The number of amides is 1. The van der Waals surface area contributed by atoms with E-state index in [9.17, 15) is 17.6 Å². The van der Waals surface area contributed by atoms with Crippen LogP contribution >= 0.6 is 0 Å². The van der Waals surface area contributed by atoms with E-state index in [1.807, 2.05) is 42.5 Å². The Kier molecular flexibility index (Phi) is 7.24. The fraction of sp³-hybridized carbons (Fsp3) is 0.206. The lowest BCUT2D eigenvalue weighted by Crippen LogP contribution is -2.25. The molecule has 3 aromatic carbocycles. The lowest BCUT2D eigenvalue weighted by molar-refractivity contribution is 0.0964. The number of imidazole rings is 1. The van der Waals surface area contributed by atoms with Crippen LogP contribution in [0.5, 0.6) is 0 Å². The standard InChI is InChI=1S/C34H32FN5O4S/c1-34(2,3)40-26-17-16-25(37-31(26)38-32(40)21-10-8-7-9-11-21)23-18-24-28(19-27(23)39(5)45(6,42)43)44-30(29(24)33(41)36-4)20-12-14-22(35)15-13-20/h7-19H,1-6H3,(H,36,41). The molecular formula is C34H32FN5O4S. The molecule has 1 N–H and O–H groups in total. The monoisotopic (exact) mass is 625 g/mol. The molecule has 0 saturated carbocycles. The fourth-order valence-corrected chi connectivity index (χ4v) is 6.01. The highest BCUT2D eigenvalue weighted by molar-refractivity contribution is 7.92. The Morgan fingerprint density at radius 1 is 0.956 bits per heavy atom. The number of halogens is 1. The zero-order valence-corrected chi connectivity index (χ0v) is 26.5. The highest BCUT2D eigenvalue weighted by Gasteiger charge is 2.28. The Bertz CT molecular complexity index is 2200. The second-order valence-electron chi connectivity index (χ2n) is 11.8. The number of nitrogens with one attached hydrogen (secondary N) is 1. The van der Waals surface area contributed by atoms with E-state index < -0.39 is 21.7 Å². The second-order valence-corrected chi connectivity index (χ2v) is 13.8.